The molecule has 0 aromatic heterocycles. The van der Waals surface area contributed by atoms with Crippen molar-refractivity contribution in [3.8, 4) is 0 Å². The third-order valence-electron chi connectivity index (χ3n) is 3.88. The summed E-state index contributed by atoms with van der Waals surface area (Å²) in [7, 11) is 3.94. The molecule has 0 fully saturated rings. The lowest BCUT2D eigenvalue weighted by Crippen LogP contribution is -2.32. The van der Waals surface area contributed by atoms with E-state index in [2.05, 4.69) is 0 Å². The maximum Gasteiger partial charge on any atom is 0.261 e. The Balaban J connectivity index is 1.93. The molecule has 4 nitrogen and oxygen atoms in total. The summed E-state index contributed by atoms with van der Waals surface area (Å²) in [6.07, 6.45) is 0.768. The molecule has 0 bridgehead atoms. The summed E-state index contributed by atoms with van der Waals surface area (Å²) >= 11 is 5.99. The van der Waals surface area contributed by atoms with Crippen molar-refractivity contribution in [3.63, 3.8) is 0 Å². The second-order valence-electron chi connectivity index (χ2n) is 5.81. The van der Waals surface area contributed by atoms with E-state index in [4.69, 9.17) is 11.6 Å². The van der Waals surface area contributed by atoms with Gasteiger partial charge in [0.25, 0.3) is 11.8 Å². The van der Waals surface area contributed by atoms with Crippen LogP contribution in [-0.4, -0.2) is 48.8 Å². The lowest BCUT2D eigenvalue weighted by Gasteiger charge is -2.15. The Kier molecular flexibility index (Phi) is 3.89. The second-order valence-corrected chi connectivity index (χ2v) is 6.24. The summed E-state index contributed by atoms with van der Waals surface area (Å²) in [6.45, 7) is 1.28. The van der Waals surface area contributed by atoms with Crippen LogP contribution in [-0.2, 0) is 0 Å². The van der Waals surface area contributed by atoms with E-state index in [1.165, 1.54) is 4.90 Å². The Bertz CT molecular complexity index is 771. The zero-order chi connectivity index (χ0) is 15.9. The van der Waals surface area contributed by atoms with Gasteiger partial charge in [-0.3, -0.25) is 14.5 Å². The summed E-state index contributed by atoms with van der Waals surface area (Å²) < 4.78 is 0. The number of imide groups is 1. The minimum Gasteiger partial charge on any atom is -0.309 e. The first kappa shape index (κ1) is 15.0. The van der Waals surface area contributed by atoms with Crippen LogP contribution in [0.3, 0.4) is 0 Å². The first-order chi connectivity index (χ1) is 10.5. The van der Waals surface area contributed by atoms with E-state index in [9.17, 15) is 9.59 Å². The van der Waals surface area contributed by atoms with Crippen LogP contribution in [0.1, 0.15) is 27.1 Å². The highest BCUT2D eigenvalue weighted by Crippen LogP contribution is 2.29. The minimum atomic E-state index is -0.208. The molecule has 0 aliphatic carbocycles. The standard InChI is InChI=1S/C17H17ClN2O2/c1-19(2)6-3-7-20-16(21)14-9-11-4-5-13(18)8-12(11)10-15(14)17(20)22/h4-5,8-10H,3,6-7H2,1-2H3. The molecule has 3 rings (SSSR count). The fourth-order valence-corrected chi connectivity index (χ4v) is 2.93. The van der Waals surface area contributed by atoms with Gasteiger partial charge in [-0.1, -0.05) is 17.7 Å². The van der Waals surface area contributed by atoms with E-state index < -0.39 is 0 Å². The maximum absolute atomic E-state index is 12.5. The van der Waals surface area contributed by atoms with Crippen LogP contribution in [0.2, 0.25) is 5.02 Å². The van der Waals surface area contributed by atoms with Crippen LogP contribution >= 0.6 is 11.6 Å². The number of carbonyl (C=O) groups is 2. The quantitative estimate of drug-likeness (QED) is 0.814. The topological polar surface area (TPSA) is 40.6 Å². The van der Waals surface area contributed by atoms with Gasteiger partial charge >= 0.3 is 0 Å². The van der Waals surface area contributed by atoms with E-state index in [1.54, 1.807) is 18.2 Å². The summed E-state index contributed by atoms with van der Waals surface area (Å²) in [5.41, 5.74) is 0.967. The van der Waals surface area contributed by atoms with Crippen molar-refractivity contribution in [1.82, 2.24) is 9.80 Å². The number of halogens is 1. The Labute approximate surface area is 134 Å². The van der Waals surface area contributed by atoms with Gasteiger partial charge in [0.2, 0.25) is 0 Å². The smallest absolute Gasteiger partial charge is 0.261 e. The van der Waals surface area contributed by atoms with Gasteiger partial charge in [0.15, 0.2) is 0 Å². The molecule has 0 spiro atoms. The normalized spacial score (nSPS) is 14.3. The summed E-state index contributed by atoms with van der Waals surface area (Å²) in [6, 6.07) is 9.01. The Hall–Kier alpha value is -1.91. The van der Waals surface area contributed by atoms with Crippen molar-refractivity contribution in [3.05, 3.63) is 46.5 Å². The first-order valence-corrected chi connectivity index (χ1v) is 7.59. The van der Waals surface area contributed by atoms with Gasteiger partial charge in [-0.2, -0.15) is 0 Å². The zero-order valence-electron chi connectivity index (χ0n) is 12.6. The minimum absolute atomic E-state index is 0.199. The number of fused-ring (bicyclic) bond motifs is 2. The van der Waals surface area contributed by atoms with E-state index in [0.29, 0.717) is 22.7 Å². The number of hydrogen-bond acceptors (Lipinski definition) is 3. The third-order valence-corrected chi connectivity index (χ3v) is 4.11. The summed E-state index contributed by atoms with van der Waals surface area (Å²) in [5.74, 6) is -0.406. The molecule has 0 unspecified atom stereocenters. The molecule has 5 heteroatoms. The van der Waals surface area contributed by atoms with Crippen LogP contribution in [0.15, 0.2) is 30.3 Å². The molecule has 2 aromatic carbocycles. The van der Waals surface area contributed by atoms with E-state index >= 15 is 0 Å². The number of hydrogen-bond donors (Lipinski definition) is 0. The third kappa shape index (κ3) is 2.60. The molecule has 0 N–H and O–H groups in total. The van der Waals surface area contributed by atoms with Gasteiger partial charge in [0, 0.05) is 11.6 Å². The lowest BCUT2D eigenvalue weighted by atomic mass is 10.0. The molecule has 0 saturated carbocycles. The molecule has 0 saturated heterocycles. The molecule has 22 heavy (non-hydrogen) atoms. The monoisotopic (exact) mass is 316 g/mol. The Morgan fingerprint density at radius 1 is 1.00 bits per heavy atom. The van der Waals surface area contributed by atoms with E-state index in [-0.39, 0.29) is 11.8 Å². The highest BCUT2D eigenvalue weighted by Gasteiger charge is 2.35. The van der Waals surface area contributed by atoms with Gasteiger partial charge in [-0.15, -0.1) is 0 Å². The molecule has 1 aliphatic rings. The van der Waals surface area contributed by atoms with Crippen molar-refractivity contribution in [1.29, 1.82) is 0 Å². The highest BCUT2D eigenvalue weighted by molar-refractivity contribution is 6.31. The predicted molar refractivity (Wildman–Crippen MR) is 87.5 cm³/mol. The van der Waals surface area contributed by atoms with Crippen molar-refractivity contribution < 1.29 is 9.59 Å². The summed E-state index contributed by atoms with van der Waals surface area (Å²) in [5, 5.41) is 2.41. The van der Waals surface area contributed by atoms with Crippen molar-refractivity contribution >= 4 is 34.2 Å². The molecule has 2 aromatic rings. The number of amides is 2. The summed E-state index contributed by atoms with van der Waals surface area (Å²) in [4.78, 5) is 28.3. The molecule has 114 valence electrons. The molecular weight excluding hydrogens is 300 g/mol. The predicted octanol–water partition coefficient (Wildman–Crippen LogP) is 3.04. The van der Waals surface area contributed by atoms with Gasteiger partial charge in [0.05, 0.1) is 11.1 Å². The van der Waals surface area contributed by atoms with Gasteiger partial charge < -0.3 is 4.90 Å². The second kappa shape index (κ2) is 5.71. The van der Waals surface area contributed by atoms with Gasteiger partial charge in [-0.05, 0) is 62.1 Å². The van der Waals surface area contributed by atoms with Crippen LogP contribution in [0, 0.1) is 0 Å². The Morgan fingerprint density at radius 3 is 2.27 bits per heavy atom. The van der Waals surface area contributed by atoms with E-state index in [1.807, 2.05) is 31.1 Å². The number of rotatable bonds is 4. The molecule has 1 heterocycles. The van der Waals surface area contributed by atoms with Crippen LogP contribution < -0.4 is 0 Å². The van der Waals surface area contributed by atoms with Crippen LogP contribution in [0.4, 0.5) is 0 Å². The highest BCUT2D eigenvalue weighted by atomic mass is 35.5. The molecule has 2 amide bonds. The number of benzene rings is 2. The maximum atomic E-state index is 12.5. The van der Waals surface area contributed by atoms with Crippen LogP contribution in [0.25, 0.3) is 10.8 Å². The number of nitrogens with zero attached hydrogens (tertiary/aromatic N) is 2. The van der Waals surface area contributed by atoms with E-state index in [0.717, 1.165) is 23.7 Å². The molecule has 0 atom stereocenters. The first-order valence-electron chi connectivity index (χ1n) is 7.21. The Morgan fingerprint density at radius 2 is 1.64 bits per heavy atom. The number of carbonyl (C=O) groups excluding carboxylic acids is 2. The van der Waals surface area contributed by atoms with Crippen molar-refractivity contribution in [2.45, 2.75) is 6.42 Å². The molecular formula is C17H17ClN2O2. The molecule has 1 aliphatic heterocycles. The average Bonchev–Trinajstić information content (AvgIpc) is 2.69. The molecule has 0 radical (unpaired) electrons. The van der Waals surface area contributed by atoms with Gasteiger partial charge in [-0.25, -0.2) is 0 Å². The fourth-order valence-electron chi connectivity index (χ4n) is 2.75. The van der Waals surface area contributed by atoms with Crippen molar-refractivity contribution in [2.75, 3.05) is 27.2 Å². The lowest BCUT2D eigenvalue weighted by molar-refractivity contribution is 0.0649. The fraction of sp³-hybridized carbons (Fsp3) is 0.294. The SMILES string of the molecule is CN(C)CCCN1C(=O)c2cc3ccc(Cl)cc3cc2C1=O. The largest absolute Gasteiger partial charge is 0.309 e. The van der Waals surface area contributed by atoms with Crippen LogP contribution in [0.5, 0.6) is 0 Å². The van der Waals surface area contributed by atoms with Crippen molar-refractivity contribution in [2.24, 2.45) is 0 Å². The average molecular weight is 317 g/mol. The zero-order valence-corrected chi connectivity index (χ0v) is 13.4. The van der Waals surface area contributed by atoms with Gasteiger partial charge in [0.1, 0.15) is 0 Å².